The minimum Gasteiger partial charge on any atom is -0.340 e. The largest absolute Gasteiger partial charge is 0.340 e. The summed E-state index contributed by atoms with van der Waals surface area (Å²) < 4.78 is 0. The van der Waals surface area contributed by atoms with Crippen molar-refractivity contribution in [2.45, 2.75) is 13.5 Å². The van der Waals surface area contributed by atoms with E-state index in [1.165, 1.54) is 5.56 Å². The van der Waals surface area contributed by atoms with E-state index in [4.69, 9.17) is 0 Å². The Labute approximate surface area is 198 Å². The zero-order valence-electron chi connectivity index (χ0n) is 19.1. The number of benzene rings is 2. The van der Waals surface area contributed by atoms with Crippen molar-refractivity contribution < 1.29 is 4.79 Å². The van der Waals surface area contributed by atoms with Crippen molar-refractivity contribution in [3.8, 4) is 22.8 Å². The molecule has 172 valence electrons. The quantitative estimate of drug-likeness (QED) is 0.460. The normalized spacial score (nSPS) is 14.2. The molecule has 1 aliphatic heterocycles. The van der Waals surface area contributed by atoms with Gasteiger partial charge in [0.05, 0.1) is 17.6 Å². The van der Waals surface area contributed by atoms with E-state index in [9.17, 15) is 4.79 Å². The molecule has 2 aromatic heterocycles. The van der Waals surface area contributed by atoms with E-state index in [1.807, 2.05) is 53.4 Å². The predicted octanol–water partition coefficient (Wildman–Crippen LogP) is 3.94. The van der Waals surface area contributed by atoms with Crippen LogP contribution in [0.4, 0.5) is 11.6 Å². The zero-order chi connectivity index (χ0) is 23.3. The maximum Gasteiger partial charge on any atom is 0.227 e. The number of carbonyl (C=O) groups excluding carboxylic acids is 1. The number of hydrogen-bond donors (Lipinski definition) is 2. The smallest absolute Gasteiger partial charge is 0.227 e. The van der Waals surface area contributed by atoms with Crippen LogP contribution in [-0.4, -0.2) is 61.8 Å². The van der Waals surface area contributed by atoms with Crippen LogP contribution in [0.2, 0.25) is 0 Å². The van der Waals surface area contributed by atoms with Crippen molar-refractivity contribution in [1.82, 2.24) is 29.7 Å². The third-order valence-electron chi connectivity index (χ3n) is 5.96. The molecule has 2 N–H and O–H groups in total. The number of amides is 1. The van der Waals surface area contributed by atoms with Crippen molar-refractivity contribution >= 4 is 17.5 Å². The Morgan fingerprint density at radius 1 is 1.00 bits per heavy atom. The van der Waals surface area contributed by atoms with Crippen LogP contribution in [0.5, 0.6) is 0 Å². The number of nitrogens with zero attached hydrogens (tertiary/aromatic N) is 5. The summed E-state index contributed by atoms with van der Waals surface area (Å²) in [6.07, 6.45) is 3.53. The molecule has 0 saturated carbocycles. The van der Waals surface area contributed by atoms with Crippen molar-refractivity contribution in [3.05, 3.63) is 78.6 Å². The van der Waals surface area contributed by atoms with Crippen LogP contribution in [0.15, 0.2) is 73.1 Å². The van der Waals surface area contributed by atoms with Gasteiger partial charge < -0.3 is 15.2 Å². The van der Waals surface area contributed by atoms with Gasteiger partial charge in [0.2, 0.25) is 11.9 Å². The van der Waals surface area contributed by atoms with Crippen LogP contribution in [0.25, 0.3) is 22.8 Å². The van der Waals surface area contributed by atoms with Gasteiger partial charge in [0.1, 0.15) is 5.82 Å². The molecule has 0 radical (unpaired) electrons. The molecule has 1 fully saturated rings. The second kappa shape index (κ2) is 9.84. The molecule has 1 amide bonds. The summed E-state index contributed by atoms with van der Waals surface area (Å²) in [7, 11) is 0. The summed E-state index contributed by atoms with van der Waals surface area (Å²) in [4.78, 5) is 32.7. The fraction of sp³-hybridized carbons (Fsp3) is 0.231. The minimum absolute atomic E-state index is 0.152. The van der Waals surface area contributed by atoms with Crippen molar-refractivity contribution in [1.29, 1.82) is 0 Å². The average Bonchev–Trinajstić information content (AvgIpc) is 3.36. The van der Waals surface area contributed by atoms with Crippen molar-refractivity contribution in [3.63, 3.8) is 0 Å². The van der Waals surface area contributed by atoms with Gasteiger partial charge in [-0.25, -0.2) is 15.0 Å². The fourth-order valence-corrected chi connectivity index (χ4v) is 4.12. The first-order valence-electron chi connectivity index (χ1n) is 11.4. The Balaban J connectivity index is 1.26. The summed E-state index contributed by atoms with van der Waals surface area (Å²) in [5.41, 5.74) is 4.78. The molecule has 0 aliphatic carbocycles. The van der Waals surface area contributed by atoms with Gasteiger partial charge in [0, 0.05) is 57.1 Å². The first-order chi connectivity index (χ1) is 16.6. The molecule has 0 bridgehead atoms. The van der Waals surface area contributed by atoms with Gasteiger partial charge in [0.25, 0.3) is 0 Å². The van der Waals surface area contributed by atoms with Crippen LogP contribution in [0, 0.1) is 0 Å². The van der Waals surface area contributed by atoms with Crippen LogP contribution < -0.4 is 5.32 Å². The van der Waals surface area contributed by atoms with Gasteiger partial charge in [-0.3, -0.25) is 9.69 Å². The topological polar surface area (TPSA) is 90.0 Å². The number of hydrogen-bond acceptors (Lipinski definition) is 6. The summed E-state index contributed by atoms with van der Waals surface area (Å²) in [6.45, 7) is 5.82. The van der Waals surface area contributed by atoms with Crippen LogP contribution >= 0.6 is 0 Å². The predicted molar refractivity (Wildman–Crippen MR) is 132 cm³/mol. The number of nitrogens with one attached hydrogen (secondary N) is 2. The molecular weight excluding hydrogens is 426 g/mol. The number of aromatic nitrogens is 4. The first kappa shape index (κ1) is 21.8. The van der Waals surface area contributed by atoms with E-state index in [1.54, 1.807) is 19.3 Å². The van der Waals surface area contributed by atoms with Gasteiger partial charge in [0.15, 0.2) is 0 Å². The molecule has 1 aliphatic rings. The molecule has 8 heteroatoms. The summed E-state index contributed by atoms with van der Waals surface area (Å²) in [5.74, 6) is 1.49. The Morgan fingerprint density at radius 2 is 1.82 bits per heavy atom. The molecule has 8 nitrogen and oxygen atoms in total. The fourth-order valence-electron chi connectivity index (χ4n) is 4.12. The number of anilines is 2. The first-order valence-corrected chi connectivity index (χ1v) is 11.4. The summed E-state index contributed by atoms with van der Waals surface area (Å²) in [5, 5.41) is 3.32. The van der Waals surface area contributed by atoms with Gasteiger partial charge in [-0.15, -0.1) is 0 Å². The monoisotopic (exact) mass is 453 g/mol. The van der Waals surface area contributed by atoms with E-state index in [0.717, 1.165) is 61.2 Å². The minimum atomic E-state index is 0.152. The molecule has 0 spiro atoms. The molecule has 1 saturated heterocycles. The van der Waals surface area contributed by atoms with Crippen molar-refractivity contribution in [2.24, 2.45) is 0 Å². The summed E-state index contributed by atoms with van der Waals surface area (Å²) >= 11 is 0. The van der Waals surface area contributed by atoms with Gasteiger partial charge in [-0.2, -0.15) is 0 Å². The SMILES string of the molecule is CC(=O)N1CCN(Cc2cccc(Nc3nccc(-c4cnc(-c5ccccc5)[nH]4)n3)c2)CC1. The molecule has 4 aromatic rings. The second-order valence-electron chi connectivity index (χ2n) is 8.38. The highest BCUT2D eigenvalue weighted by atomic mass is 16.2. The zero-order valence-corrected chi connectivity index (χ0v) is 19.1. The molecule has 0 unspecified atom stereocenters. The second-order valence-corrected chi connectivity index (χ2v) is 8.38. The van der Waals surface area contributed by atoms with E-state index in [-0.39, 0.29) is 5.91 Å². The molecule has 34 heavy (non-hydrogen) atoms. The van der Waals surface area contributed by atoms with Gasteiger partial charge >= 0.3 is 0 Å². The van der Waals surface area contributed by atoms with Crippen molar-refractivity contribution in [2.75, 3.05) is 31.5 Å². The molecule has 5 rings (SSSR count). The van der Waals surface area contributed by atoms with E-state index >= 15 is 0 Å². The maximum atomic E-state index is 11.5. The van der Waals surface area contributed by atoms with Crippen LogP contribution in [0.3, 0.4) is 0 Å². The Hall–Kier alpha value is -4.04. The number of rotatable bonds is 6. The molecular formula is C26H27N7O. The standard InChI is InChI=1S/C26H27N7O/c1-19(34)33-14-12-32(13-15-33)18-20-6-5-9-22(16-20)29-26-27-11-10-23(31-26)24-17-28-25(30-24)21-7-3-2-4-8-21/h2-11,16-17H,12-15,18H2,1H3,(H,28,30)(H,27,29,31). The Morgan fingerprint density at radius 3 is 2.62 bits per heavy atom. The third kappa shape index (κ3) is 5.13. The highest BCUT2D eigenvalue weighted by Gasteiger charge is 2.18. The Kier molecular flexibility index (Phi) is 6.31. The van der Waals surface area contributed by atoms with E-state index in [2.05, 4.69) is 42.3 Å². The Bertz CT molecular complexity index is 1260. The lowest BCUT2D eigenvalue weighted by atomic mass is 10.1. The van der Waals surface area contributed by atoms with E-state index in [0.29, 0.717) is 5.95 Å². The average molecular weight is 454 g/mol. The number of imidazole rings is 1. The number of H-pyrrole nitrogens is 1. The van der Waals surface area contributed by atoms with Crippen LogP contribution in [-0.2, 0) is 11.3 Å². The number of piperazine rings is 1. The van der Waals surface area contributed by atoms with Gasteiger partial charge in [-0.1, -0.05) is 42.5 Å². The highest BCUT2D eigenvalue weighted by molar-refractivity contribution is 5.73. The lowest BCUT2D eigenvalue weighted by Gasteiger charge is -2.34. The molecule has 2 aromatic carbocycles. The maximum absolute atomic E-state index is 11.5. The molecule has 0 atom stereocenters. The van der Waals surface area contributed by atoms with E-state index < -0.39 is 0 Å². The lowest BCUT2D eigenvalue weighted by Crippen LogP contribution is -2.47. The van der Waals surface area contributed by atoms with Crippen LogP contribution in [0.1, 0.15) is 12.5 Å². The number of carbonyl (C=O) groups is 1. The third-order valence-corrected chi connectivity index (χ3v) is 5.96. The summed E-state index contributed by atoms with van der Waals surface area (Å²) in [6, 6.07) is 20.2. The lowest BCUT2D eigenvalue weighted by molar-refractivity contribution is -0.130. The highest BCUT2D eigenvalue weighted by Crippen LogP contribution is 2.22. The van der Waals surface area contributed by atoms with Gasteiger partial charge in [-0.05, 0) is 23.8 Å². The number of aromatic amines is 1. The molecule has 3 heterocycles.